The van der Waals surface area contributed by atoms with Gasteiger partial charge in [0.2, 0.25) is 5.91 Å². The second-order valence-corrected chi connectivity index (χ2v) is 4.61. The summed E-state index contributed by atoms with van der Waals surface area (Å²) in [5.74, 6) is -1.47. The highest BCUT2D eigenvalue weighted by Crippen LogP contribution is 2.37. The number of nitrogens with one attached hydrogen (secondary N) is 1. The minimum atomic E-state index is -4.10. The number of hydrogen-bond donors (Lipinski definition) is 2. The highest BCUT2D eigenvalue weighted by molar-refractivity contribution is 5.85. The molecule has 0 radical (unpaired) electrons. The van der Waals surface area contributed by atoms with Gasteiger partial charge in [-0.15, -0.1) is 12.4 Å². The summed E-state index contributed by atoms with van der Waals surface area (Å²) in [5.41, 5.74) is 5.54. The quantitative estimate of drug-likeness (QED) is 0.838. The number of carbonyl (C=O) groups is 1. The van der Waals surface area contributed by atoms with E-state index in [1.165, 1.54) is 0 Å². The summed E-state index contributed by atoms with van der Waals surface area (Å²) < 4.78 is 37.2. The van der Waals surface area contributed by atoms with Crippen LogP contribution in [0.4, 0.5) is 13.2 Å². The van der Waals surface area contributed by atoms with Gasteiger partial charge in [-0.3, -0.25) is 4.79 Å². The molecule has 1 aliphatic carbocycles. The molecular formula is C11H20ClF3N2O. The van der Waals surface area contributed by atoms with Crippen LogP contribution in [0.2, 0.25) is 0 Å². The number of alkyl halides is 3. The maximum Gasteiger partial charge on any atom is 0.391 e. The van der Waals surface area contributed by atoms with Gasteiger partial charge in [0.25, 0.3) is 0 Å². The van der Waals surface area contributed by atoms with Crippen molar-refractivity contribution in [3.8, 4) is 0 Å². The molecule has 1 fully saturated rings. The van der Waals surface area contributed by atoms with Crippen LogP contribution >= 0.6 is 12.4 Å². The third-order valence-corrected chi connectivity index (χ3v) is 3.31. The molecule has 0 aliphatic heterocycles. The molecule has 7 heteroatoms. The van der Waals surface area contributed by atoms with Crippen molar-refractivity contribution >= 4 is 18.3 Å². The fourth-order valence-corrected chi connectivity index (χ4v) is 2.06. The number of halogens is 4. The van der Waals surface area contributed by atoms with E-state index in [2.05, 4.69) is 5.32 Å². The van der Waals surface area contributed by atoms with Gasteiger partial charge in [-0.25, -0.2) is 0 Å². The molecule has 0 aromatic carbocycles. The number of rotatable bonds is 3. The van der Waals surface area contributed by atoms with Crippen LogP contribution in [0.3, 0.4) is 0 Å². The summed E-state index contributed by atoms with van der Waals surface area (Å²) in [5, 5.41) is 2.71. The lowest BCUT2D eigenvalue weighted by Crippen LogP contribution is -2.46. The summed E-state index contributed by atoms with van der Waals surface area (Å²) in [4.78, 5) is 11.5. The Hall–Kier alpha value is -0.490. The van der Waals surface area contributed by atoms with Crippen molar-refractivity contribution < 1.29 is 18.0 Å². The first-order valence-electron chi connectivity index (χ1n) is 5.97. The largest absolute Gasteiger partial charge is 0.391 e. The van der Waals surface area contributed by atoms with Crippen LogP contribution < -0.4 is 11.1 Å². The minimum Gasteiger partial charge on any atom is -0.352 e. The molecule has 1 atom stereocenters. The molecular weight excluding hydrogens is 269 g/mol. The minimum absolute atomic E-state index is 0. The lowest BCUT2D eigenvalue weighted by Gasteiger charge is -2.30. The van der Waals surface area contributed by atoms with Crippen molar-refractivity contribution in [1.29, 1.82) is 0 Å². The van der Waals surface area contributed by atoms with Crippen LogP contribution in [0.25, 0.3) is 0 Å². The molecule has 0 unspecified atom stereocenters. The van der Waals surface area contributed by atoms with E-state index in [9.17, 15) is 18.0 Å². The molecule has 3 N–H and O–H groups in total. The van der Waals surface area contributed by atoms with Crippen LogP contribution in [0, 0.1) is 5.92 Å². The van der Waals surface area contributed by atoms with E-state index in [4.69, 9.17) is 5.73 Å². The molecule has 18 heavy (non-hydrogen) atoms. The van der Waals surface area contributed by atoms with Gasteiger partial charge < -0.3 is 11.1 Å². The monoisotopic (exact) mass is 288 g/mol. The van der Waals surface area contributed by atoms with Crippen LogP contribution in [-0.2, 0) is 4.79 Å². The average molecular weight is 289 g/mol. The lowest BCUT2D eigenvalue weighted by molar-refractivity contribution is -0.182. The molecule has 0 aromatic heterocycles. The number of nitrogens with two attached hydrogens (primary N) is 1. The van der Waals surface area contributed by atoms with Gasteiger partial charge in [-0.2, -0.15) is 13.2 Å². The zero-order chi connectivity index (χ0) is 13.1. The molecule has 108 valence electrons. The SMILES string of the molecule is CC[C@H](N)C(=O)NC1CCC(C(F)(F)F)CC1.Cl. The van der Waals surface area contributed by atoms with E-state index >= 15 is 0 Å². The van der Waals surface area contributed by atoms with E-state index in [1.54, 1.807) is 6.92 Å². The number of hydrogen-bond acceptors (Lipinski definition) is 2. The van der Waals surface area contributed by atoms with Crippen LogP contribution in [0.1, 0.15) is 39.0 Å². The maximum atomic E-state index is 12.4. The molecule has 0 bridgehead atoms. The maximum absolute atomic E-state index is 12.4. The Morgan fingerprint density at radius 1 is 1.33 bits per heavy atom. The van der Waals surface area contributed by atoms with E-state index in [-0.39, 0.29) is 37.2 Å². The molecule has 1 aliphatic rings. The van der Waals surface area contributed by atoms with Crippen molar-refractivity contribution in [3.05, 3.63) is 0 Å². The number of amides is 1. The molecule has 0 aromatic rings. The Labute approximate surface area is 111 Å². The van der Waals surface area contributed by atoms with Crippen molar-refractivity contribution in [2.24, 2.45) is 11.7 Å². The topological polar surface area (TPSA) is 55.1 Å². The Bertz CT molecular complexity index is 266. The molecule has 3 nitrogen and oxygen atoms in total. The second kappa shape index (κ2) is 7.19. The van der Waals surface area contributed by atoms with Gasteiger partial charge >= 0.3 is 6.18 Å². The van der Waals surface area contributed by atoms with E-state index in [1.807, 2.05) is 0 Å². The molecule has 1 saturated carbocycles. The van der Waals surface area contributed by atoms with Gasteiger partial charge in [-0.1, -0.05) is 6.92 Å². The van der Waals surface area contributed by atoms with Crippen molar-refractivity contribution in [2.45, 2.75) is 57.3 Å². The Balaban J connectivity index is 0.00000289. The average Bonchev–Trinajstić information content (AvgIpc) is 2.27. The fraction of sp³-hybridized carbons (Fsp3) is 0.909. The zero-order valence-electron chi connectivity index (χ0n) is 10.3. The van der Waals surface area contributed by atoms with Crippen LogP contribution in [-0.4, -0.2) is 24.2 Å². The Morgan fingerprint density at radius 3 is 2.22 bits per heavy atom. The van der Waals surface area contributed by atoms with Crippen LogP contribution in [0.5, 0.6) is 0 Å². The Morgan fingerprint density at radius 2 is 1.83 bits per heavy atom. The number of carbonyl (C=O) groups excluding carboxylic acids is 1. The van der Waals surface area contributed by atoms with Gasteiger partial charge in [0.15, 0.2) is 0 Å². The van der Waals surface area contributed by atoms with Crippen molar-refractivity contribution in [2.75, 3.05) is 0 Å². The molecule has 1 rings (SSSR count). The van der Waals surface area contributed by atoms with E-state index in [0.29, 0.717) is 19.3 Å². The van der Waals surface area contributed by atoms with Gasteiger partial charge in [0.1, 0.15) is 0 Å². The lowest BCUT2D eigenvalue weighted by atomic mass is 9.85. The molecule has 0 spiro atoms. The predicted molar refractivity (Wildman–Crippen MR) is 65.5 cm³/mol. The van der Waals surface area contributed by atoms with Crippen LogP contribution in [0.15, 0.2) is 0 Å². The van der Waals surface area contributed by atoms with Gasteiger partial charge in [-0.05, 0) is 32.1 Å². The molecule has 0 saturated heterocycles. The summed E-state index contributed by atoms with van der Waals surface area (Å²) in [6, 6.07) is -0.714. The summed E-state index contributed by atoms with van der Waals surface area (Å²) in [6.45, 7) is 1.80. The van der Waals surface area contributed by atoms with Gasteiger partial charge in [0.05, 0.1) is 12.0 Å². The smallest absolute Gasteiger partial charge is 0.352 e. The third kappa shape index (κ3) is 5.02. The molecule has 0 heterocycles. The predicted octanol–water partition coefficient (Wildman–Crippen LogP) is 2.38. The fourth-order valence-electron chi connectivity index (χ4n) is 2.06. The van der Waals surface area contributed by atoms with E-state index in [0.717, 1.165) is 0 Å². The normalized spacial score (nSPS) is 26.1. The highest BCUT2D eigenvalue weighted by atomic mass is 35.5. The first-order valence-corrected chi connectivity index (χ1v) is 5.97. The zero-order valence-corrected chi connectivity index (χ0v) is 11.1. The molecule has 1 amide bonds. The third-order valence-electron chi connectivity index (χ3n) is 3.31. The summed E-state index contributed by atoms with van der Waals surface area (Å²) in [7, 11) is 0. The Kier molecular flexibility index (Phi) is 6.99. The summed E-state index contributed by atoms with van der Waals surface area (Å²) in [6.07, 6.45) is -2.62. The van der Waals surface area contributed by atoms with E-state index < -0.39 is 18.1 Å². The highest BCUT2D eigenvalue weighted by Gasteiger charge is 2.41. The van der Waals surface area contributed by atoms with Crippen molar-refractivity contribution in [3.63, 3.8) is 0 Å². The first-order chi connectivity index (χ1) is 7.84. The second-order valence-electron chi connectivity index (χ2n) is 4.61. The first kappa shape index (κ1) is 17.5. The van der Waals surface area contributed by atoms with Gasteiger partial charge in [0, 0.05) is 6.04 Å². The van der Waals surface area contributed by atoms with Crippen molar-refractivity contribution in [1.82, 2.24) is 5.32 Å². The standard InChI is InChI=1S/C11H19F3N2O.ClH/c1-2-9(15)10(17)16-8-5-3-7(4-6-8)11(12,13)14;/h7-9H,2-6,15H2,1H3,(H,16,17);1H/t7?,8?,9-;/m0./s1. The summed E-state index contributed by atoms with van der Waals surface area (Å²) >= 11 is 0.